The zero-order chi connectivity index (χ0) is 68.5. The number of carbonyl (C=O) groups excluding carboxylic acids is 8. The summed E-state index contributed by atoms with van der Waals surface area (Å²) in [5, 5.41) is 68.9. The molecular formula is C58H111N23O11. The number of hydrogen-bond acceptors (Lipinski definition) is 21. The molecule has 0 spiro atoms. The molecule has 2 aliphatic heterocycles. The molecule has 13 atom stereocenters. The van der Waals surface area contributed by atoms with E-state index in [0.717, 1.165) is 0 Å². The van der Waals surface area contributed by atoms with Gasteiger partial charge in [-0.15, -0.1) is 0 Å². The van der Waals surface area contributed by atoms with Gasteiger partial charge >= 0.3 is 0 Å². The van der Waals surface area contributed by atoms with Crippen molar-refractivity contribution in [3.63, 3.8) is 0 Å². The minimum absolute atomic E-state index is 0.0163. The third-order valence-corrected chi connectivity index (χ3v) is 16.1. The van der Waals surface area contributed by atoms with Gasteiger partial charge in [-0.05, 0) is 109 Å². The van der Waals surface area contributed by atoms with Crippen molar-refractivity contribution in [2.45, 2.75) is 223 Å². The standard InChI is InChI=1S/C58H111N23O11/c1-32(2)22-37(27-71-42(23-33(3)4)52(90)81-45(28-82)47(59)85)75-49(87)39(10-7-19-68-55(60)61)76-50(88)40(11-8-20-69-56(62)63)78-54(92)44(25-58(6)29-67-31-73-58)80-51(89)41(12-9-21-70-57(64)65)77-53(91)43(24-35-13-16-38(83)17-14-35)79-48(86)34(5)74-46(84)18-15-36-26-66-30-72-36/h31-37,39-45,50,52,66,71-72,76,81-82,88,90H,7-30H2,1-6H3,(H2,59,85)(H,67,73)(H,74,84)(H,75,87)(H,77,91)(H,78,92)(H,79,86)(H,80,89)(H4,60,61,68)(H4,62,63,69)(H4,64,65,70). The van der Waals surface area contributed by atoms with E-state index in [1.54, 1.807) is 6.92 Å². The summed E-state index contributed by atoms with van der Waals surface area (Å²) in [4.78, 5) is 127. The summed E-state index contributed by atoms with van der Waals surface area (Å²) in [6.45, 7) is 12.3. The second-order valence-corrected chi connectivity index (χ2v) is 25.5. The van der Waals surface area contributed by atoms with Crippen molar-refractivity contribution in [1.29, 1.82) is 0 Å². The first kappa shape index (κ1) is 79.2. The normalized spacial score (nSPS) is 20.1. The highest BCUT2D eigenvalue weighted by Gasteiger charge is 2.39. The van der Waals surface area contributed by atoms with Crippen molar-refractivity contribution >= 4 is 71.4 Å². The maximum absolute atomic E-state index is 15.0. The van der Waals surface area contributed by atoms with Gasteiger partial charge in [0.25, 0.3) is 0 Å². The molecular weight excluding hydrogens is 1190 g/mol. The van der Waals surface area contributed by atoms with E-state index >= 15 is 4.79 Å². The zero-order valence-corrected chi connectivity index (χ0v) is 54.6. The largest absolute Gasteiger partial charge is 0.394 e. The van der Waals surface area contributed by atoms with Crippen molar-refractivity contribution in [1.82, 2.24) is 63.8 Å². The SMILES string of the molecule is CC(C)CC(CNC(CC(C)C)C(O)NC(CO)C(N)=O)NC(=O)C(CCCN=C(N)N)NC(O)C(CCCN=C(N)N)NC(=O)C(CC1(C)CN=CN1)NC(=O)C(CCCN=C(N)N)NC(=O)C(CC1CCC(=O)CC1)NC(=O)C(C)NC(=O)CCC1CNCN1. The van der Waals surface area contributed by atoms with Crippen molar-refractivity contribution in [2.75, 3.05) is 52.5 Å². The Morgan fingerprint density at radius 3 is 1.74 bits per heavy atom. The van der Waals surface area contributed by atoms with Gasteiger partial charge in [0.2, 0.25) is 41.4 Å². The van der Waals surface area contributed by atoms with Gasteiger partial charge in [0.05, 0.1) is 37.1 Å². The number of ketones is 1. The Labute approximate surface area is 540 Å². The summed E-state index contributed by atoms with van der Waals surface area (Å²) in [5.74, 6) is -5.28. The van der Waals surface area contributed by atoms with Crippen LogP contribution in [0.15, 0.2) is 20.0 Å². The highest BCUT2D eigenvalue weighted by Crippen LogP contribution is 2.26. The number of nitrogens with one attached hydrogen (secondary N) is 12. The maximum atomic E-state index is 15.0. The van der Waals surface area contributed by atoms with E-state index in [1.807, 2.05) is 27.7 Å². The van der Waals surface area contributed by atoms with E-state index in [0.29, 0.717) is 58.2 Å². The van der Waals surface area contributed by atoms with Gasteiger partial charge in [-0.1, -0.05) is 27.7 Å². The van der Waals surface area contributed by atoms with Gasteiger partial charge in [-0.25, -0.2) is 0 Å². The Hall–Kier alpha value is -7.08. The summed E-state index contributed by atoms with van der Waals surface area (Å²) in [7, 11) is 0. The number of aliphatic imine (C=N–C) groups is 4. The van der Waals surface area contributed by atoms with E-state index in [9.17, 15) is 48.9 Å². The highest BCUT2D eigenvalue weighted by atomic mass is 16.3. The van der Waals surface area contributed by atoms with Crippen LogP contribution in [0.3, 0.4) is 0 Å². The van der Waals surface area contributed by atoms with Crippen LogP contribution in [0.25, 0.3) is 0 Å². The second kappa shape index (κ2) is 41.5. The predicted molar refractivity (Wildman–Crippen MR) is 350 cm³/mol. The minimum atomic E-state index is -1.67. The first-order valence-electron chi connectivity index (χ1n) is 32.2. The first-order chi connectivity index (χ1) is 43.5. The van der Waals surface area contributed by atoms with Crippen LogP contribution >= 0.6 is 0 Å². The smallest absolute Gasteiger partial charge is 0.243 e. The Morgan fingerprint density at radius 1 is 0.663 bits per heavy atom. The van der Waals surface area contributed by atoms with Crippen molar-refractivity contribution in [3.8, 4) is 0 Å². The van der Waals surface area contributed by atoms with Gasteiger partial charge in [0, 0.05) is 83.2 Å². The van der Waals surface area contributed by atoms with Gasteiger partial charge in [0.15, 0.2) is 17.9 Å². The number of Topliss-reactive ketones (excluding diaryl/α,β-unsaturated/α-hetero) is 1. The topological polar surface area (TPSA) is 573 Å². The number of rotatable bonds is 45. The van der Waals surface area contributed by atoms with Gasteiger partial charge in [-0.2, -0.15) is 0 Å². The number of hydrogen-bond donors (Lipinski definition) is 22. The molecule has 1 saturated heterocycles. The average Bonchev–Trinajstić information content (AvgIpc) is 1.54. The van der Waals surface area contributed by atoms with Crippen molar-refractivity contribution < 1.29 is 53.7 Å². The fourth-order valence-electron chi connectivity index (χ4n) is 11.1. The van der Waals surface area contributed by atoms with Crippen LogP contribution in [-0.4, -0.2) is 218 Å². The van der Waals surface area contributed by atoms with Crippen LogP contribution in [0, 0.1) is 17.8 Å². The Morgan fingerprint density at radius 2 is 1.20 bits per heavy atom. The summed E-state index contributed by atoms with van der Waals surface area (Å²) in [6.07, 6.45) is 2.22. The highest BCUT2D eigenvalue weighted by molar-refractivity contribution is 5.96. The fourth-order valence-corrected chi connectivity index (χ4v) is 11.1. The molecule has 7 amide bonds. The van der Waals surface area contributed by atoms with Gasteiger partial charge in [0.1, 0.15) is 48.4 Å². The molecule has 0 aromatic carbocycles. The van der Waals surface area contributed by atoms with Crippen LogP contribution < -0.4 is 104 Å². The molecule has 0 radical (unpaired) electrons. The van der Waals surface area contributed by atoms with E-state index in [4.69, 9.17) is 40.1 Å². The number of guanidine groups is 3. The molecule has 13 unspecified atom stereocenters. The summed E-state index contributed by atoms with van der Waals surface area (Å²) < 4.78 is 0. The monoisotopic (exact) mass is 1310 g/mol. The Kier molecular flexibility index (Phi) is 35.7. The van der Waals surface area contributed by atoms with Crippen LogP contribution in [0.2, 0.25) is 0 Å². The van der Waals surface area contributed by atoms with Crippen LogP contribution in [0.5, 0.6) is 0 Å². The molecule has 3 aliphatic rings. The molecule has 0 bridgehead atoms. The molecule has 92 heavy (non-hydrogen) atoms. The number of carbonyl (C=O) groups is 8. The Bertz CT molecular complexity index is 2440. The average molecular weight is 1310 g/mol. The minimum Gasteiger partial charge on any atom is -0.394 e. The lowest BCUT2D eigenvalue weighted by molar-refractivity contribution is -0.135. The third kappa shape index (κ3) is 31.5. The summed E-state index contributed by atoms with van der Waals surface area (Å²) in [5.41, 5.74) is 38.4. The number of aliphatic hydroxyl groups excluding tert-OH is 3. The third-order valence-electron chi connectivity index (χ3n) is 16.1. The molecule has 34 nitrogen and oxygen atoms in total. The number of nitrogens with zero attached hydrogens (tertiary/aromatic N) is 4. The van der Waals surface area contributed by atoms with Crippen molar-refractivity contribution in [2.24, 2.45) is 77.9 Å². The van der Waals surface area contributed by atoms with Crippen molar-refractivity contribution in [3.05, 3.63) is 0 Å². The van der Waals surface area contributed by atoms with E-state index < -0.39 is 114 Å². The lowest BCUT2D eigenvalue weighted by Gasteiger charge is -2.34. The van der Waals surface area contributed by atoms with E-state index in [2.05, 4.69) is 83.8 Å². The molecule has 34 heteroatoms. The zero-order valence-electron chi connectivity index (χ0n) is 54.6. The molecule has 0 aromatic heterocycles. The summed E-state index contributed by atoms with van der Waals surface area (Å²) >= 11 is 0. The molecule has 1 aliphatic carbocycles. The second-order valence-electron chi connectivity index (χ2n) is 25.5. The van der Waals surface area contributed by atoms with Crippen LogP contribution in [-0.2, 0) is 38.4 Å². The van der Waals surface area contributed by atoms with E-state index in [-0.39, 0.29) is 144 Å². The number of amides is 7. The predicted octanol–water partition coefficient (Wildman–Crippen LogP) is -6.61. The maximum Gasteiger partial charge on any atom is 0.243 e. The lowest BCUT2D eigenvalue weighted by Crippen LogP contribution is -2.62. The number of primary amides is 1. The molecule has 0 aromatic rings. The molecule has 2 heterocycles. The number of nitrogens with two attached hydrogens (primary N) is 7. The number of aliphatic hydroxyl groups is 3. The lowest BCUT2D eigenvalue weighted by atomic mass is 9.84. The van der Waals surface area contributed by atoms with E-state index in [1.165, 1.54) is 13.3 Å². The molecule has 1 saturated carbocycles. The van der Waals surface area contributed by atoms with Gasteiger partial charge < -0.3 is 109 Å². The molecule has 2 fully saturated rings. The molecule has 524 valence electrons. The molecule has 3 rings (SSSR count). The fraction of sp³-hybridized carbons (Fsp3) is 0.793. The molecule has 29 N–H and O–H groups in total. The quantitative estimate of drug-likeness (QED) is 0.0117. The van der Waals surface area contributed by atoms with Gasteiger partial charge in [-0.3, -0.25) is 69.0 Å². The van der Waals surface area contributed by atoms with Crippen LogP contribution in [0.4, 0.5) is 0 Å². The Balaban J connectivity index is 2.01. The van der Waals surface area contributed by atoms with Crippen LogP contribution in [0.1, 0.15) is 144 Å². The summed E-state index contributed by atoms with van der Waals surface area (Å²) in [6, 6.07) is -9.75. The first-order valence-corrected chi connectivity index (χ1v) is 32.2.